The third kappa shape index (κ3) is 7.45. The van der Waals surface area contributed by atoms with Crippen molar-refractivity contribution >= 4 is 62.7 Å². The van der Waals surface area contributed by atoms with Crippen LogP contribution in [0, 0.1) is 0 Å². The Hall–Kier alpha value is -0.0600. The van der Waals surface area contributed by atoms with Crippen molar-refractivity contribution in [2.24, 2.45) is 4.99 Å². The molecule has 0 fully saturated rings. The monoisotopic (exact) mass is 507 g/mol. The summed E-state index contributed by atoms with van der Waals surface area (Å²) in [5, 5.41) is 3.19. The van der Waals surface area contributed by atoms with Crippen LogP contribution in [0.25, 0.3) is 0 Å². The van der Waals surface area contributed by atoms with Crippen molar-refractivity contribution in [3.8, 4) is 0 Å². The molecule has 0 aliphatic carbocycles. The SMILES string of the molecule is CCNC(=NCCS(=O)(=O)C(C)(C)C)N(C)Cc1ccc(Cl)s1.I. The fourth-order valence-corrected chi connectivity index (χ4v) is 3.88. The minimum absolute atomic E-state index is 0. The van der Waals surface area contributed by atoms with E-state index in [0.717, 1.165) is 15.8 Å². The first-order valence-electron chi connectivity index (χ1n) is 7.53. The van der Waals surface area contributed by atoms with Gasteiger partial charge in [0.25, 0.3) is 0 Å². The van der Waals surface area contributed by atoms with Gasteiger partial charge in [0.2, 0.25) is 0 Å². The summed E-state index contributed by atoms with van der Waals surface area (Å²) in [5.41, 5.74) is 0. The molecule has 0 aromatic carbocycles. The Kier molecular flexibility index (Phi) is 10.2. The van der Waals surface area contributed by atoms with E-state index in [4.69, 9.17) is 11.6 Å². The molecule has 1 N–H and O–H groups in total. The van der Waals surface area contributed by atoms with Gasteiger partial charge in [0.15, 0.2) is 15.8 Å². The normalized spacial score (nSPS) is 12.7. The molecule has 9 heteroatoms. The lowest BCUT2D eigenvalue weighted by molar-refractivity contribution is 0.482. The lowest BCUT2D eigenvalue weighted by Crippen LogP contribution is -2.39. The Morgan fingerprint density at radius 3 is 2.46 bits per heavy atom. The molecule has 0 aliphatic heterocycles. The van der Waals surface area contributed by atoms with Crippen molar-refractivity contribution in [3.63, 3.8) is 0 Å². The van der Waals surface area contributed by atoms with E-state index >= 15 is 0 Å². The Balaban J connectivity index is 0.00000529. The molecule has 0 saturated heterocycles. The molecule has 1 aromatic heterocycles. The second-order valence-electron chi connectivity index (χ2n) is 6.23. The molecule has 0 bridgehead atoms. The summed E-state index contributed by atoms with van der Waals surface area (Å²) >= 11 is 7.48. The maximum absolute atomic E-state index is 12.1. The molecule has 24 heavy (non-hydrogen) atoms. The lowest BCUT2D eigenvalue weighted by atomic mass is 10.3. The van der Waals surface area contributed by atoms with E-state index in [1.165, 1.54) is 11.3 Å². The third-order valence-corrected chi connectivity index (χ3v) is 7.07. The molecule has 0 radical (unpaired) electrons. The predicted octanol–water partition coefficient (Wildman–Crippen LogP) is 3.63. The zero-order valence-electron chi connectivity index (χ0n) is 14.8. The molecule has 0 atom stereocenters. The standard InChI is InChI=1S/C15H26ClN3O2S2.HI/c1-6-17-14(18-9-10-23(20,21)15(2,3)4)19(5)11-12-7-8-13(16)22-12;/h7-8H,6,9-11H2,1-5H3,(H,17,18);1H. The number of halogens is 2. The maximum Gasteiger partial charge on any atom is 0.194 e. The zero-order chi connectivity index (χ0) is 17.7. The number of hydrogen-bond acceptors (Lipinski definition) is 4. The fourth-order valence-electron chi connectivity index (χ4n) is 1.79. The Morgan fingerprint density at radius 2 is 2.00 bits per heavy atom. The second-order valence-corrected chi connectivity index (χ2v) is 10.9. The molecule has 5 nitrogen and oxygen atoms in total. The summed E-state index contributed by atoms with van der Waals surface area (Å²) in [5.74, 6) is 0.741. The van der Waals surface area contributed by atoms with E-state index in [-0.39, 0.29) is 36.3 Å². The first kappa shape index (κ1) is 23.9. The van der Waals surface area contributed by atoms with Crippen LogP contribution in [0.4, 0.5) is 0 Å². The lowest BCUT2D eigenvalue weighted by Gasteiger charge is -2.22. The molecule has 140 valence electrons. The number of hydrogen-bond donors (Lipinski definition) is 1. The van der Waals surface area contributed by atoms with Gasteiger partial charge in [-0.05, 0) is 39.8 Å². The molecule has 0 aliphatic rings. The number of nitrogens with one attached hydrogen (secondary N) is 1. The average Bonchev–Trinajstić information content (AvgIpc) is 2.81. The van der Waals surface area contributed by atoms with Crippen LogP contribution in [0.5, 0.6) is 0 Å². The number of guanidine groups is 1. The molecule has 1 heterocycles. The first-order chi connectivity index (χ1) is 10.6. The van der Waals surface area contributed by atoms with Gasteiger partial charge in [-0.2, -0.15) is 0 Å². The minimum Gasteiger partial charge on any atom is -0.357 e. The van der Waals surface area contributed by atoms with Crippen LogP contribution in [-0.4, -0.2) is 49.9 Å². The van der Waals surface area contributed by atoms with Crippen LogP contribution in [0.15, 0.2) is 17.1 Å². The van der Waals surface area contributed by atoms with Gasteiger partial charge >= 0.3 is 0 Å². The Bertz CT molecular complexity index is 639. The Morgan fingerprint density at radius 1 is 1.38 bits per heavy atom. The third-order valence-electron chi connectivity index (χ3n) is 3.27. The summed E-state index contributed by atoms with van der Waals surface area (Å²) in [6.07, 6.45) is 0. The number of nitrogens with zero attached hydrogens (tertiary/aromatic N) is 2. The zero-order valence-corrected chi connectivity index (χ0v) is 19.5. The van der Waals surface area contributed by atoms with Crippen molar-refractivity contribution in [2.75, 3.05) is 25.9 Å². The summed E-state index contributed by atoms with van der Waals surface area (Å²) in [4.78, 5) is 7.54. The number of aliphatic imine (C=N–C) groups is 1. The van der Waals surface area contributed by atoms with Crippen LogP contribution in [-0.2, 0) is 16.4 Å². The molecular formula is C15H27ClIN3O2S2. The van der Waals surface area contributed by atoms with Crippen molar-refractivity contribution in [2.45, 2.75) is 39.0 Å². The van der Waals surface area contributed by atoms with Gasteiger partial charge in [-0.15, -0.1) is 35.3 Å². The highest BCUT2D eigenvalue weighted by Gasteiger charge is 2.28. The summed E-state index contributed by atoms with van der Waals surface area (Å²) in [6, 6.07) is 3.85. The smallest absolute Gasteiger partial charge is 0.194 e. The van der Waals surface area contributed by atoms with Crippen molar-refractivity contribution in [3.05, 3.63) is 21.3 Å². The second kappa shape index (κ2) is 10.2. The summed E-state index contributed by atoms with van der Waals surface area (Å²) in [7, 11) is -1.23. The van der Waals surface area contributed by atoms with Gasteiger partial charge in [0, 0.05) is 18.5 Å². The fraction of sp³-hybridized carbons (Fsp3) is 0.667. The molecule has 1 rings (SSSR count). The van der Waals surface area contributed by atoms with E-state index in [2.05, 4.69) is 10.3 Å². The highest BCUT2D eigenvalue weighted by molar-refractivity contribution is 14.0. The van der Waals surface area contributed by atoms with Gasteiger partial charge in [-0.25, -0.2) is 8.42 Å². The highest BCUT2D eigenvalue weighted by Crippen LogP contribution is 2.22. The van der Waals surface area contributed by atoms with E-state index in [0.29, 0.717) is 12.5 Å². The number of sulfone groups is 1. The van der Waals surface area contributed by atoms with Crippen LogP contribution < -0.4 is 5.32 Å². The van der Waals surface area contributed by atoms with Crippen molar-refractivity contribution in [1.82, 2.24) is 10.2 Å². The van der Waals surface area contributed by atoms with Crippen molar-refractivity contribution < 1.29 is 8.42 Å². The molecule has 1 aromatic rings. The van der Waals surface area contributed by atoms with Gasteiger partial charge in [-0.3, -0.25) is 4.99 Å². The van der Waals surface area contributed by atoms with Gasteiger partial charge in [0.05, 0.1) is 27.9 Å². The Labute approximate surface area is 171 Å². The minimum atomic E-state index is -3.16. The van der Waals surface area contributed by atoms with Gasteiger partial charge in [-0.1, -0.05) is 11.6 Å². The average molecular weight is 508 g/mol. The maximum atomic E-state index is 12.1. The largest absolute Gasteiger partial charge is 0.357 e. The summed E-state index contributed by atoms with van der Waals surface area (Å²) in [6.45, 7) is 8.77. The highest BCUT2D eigenvalue weighted by atomic mass is 127. The number of thiophene rings is 1. The molecule has 0 amide bonds. The van der Waals surface area contributed by atoms with Crippen LogP contribution in [0.1, 0.15) is 32.6 Å². The van der Waals surface area contributed by atoms with E-state index in [1.807, 2.05) is 31.0 Å². The number of rotatable bonds is 6. The van der Waals surface area contributed by atoms with E-state index in [1.54, 1.807) is 20.8 Å². The van der Waals surface area contributed by atoms with Crippen LogP contribution in [0.2, 0.25) is 4.34 Å². The van der Waals surface area contributed by atoms with Crippen molar-refractivity contribution in [1.29, 1.82) is 0 Å². The van der Waals surface area contributed by atoms with E-state index < -0.39 is 14.6 Å². The molecular weight excluding hydrogens is 481 g/mol. The predicted molar refractivity (Wildman–Crippen MR) is 116 cm³/mol. The van der Waals surface area contributed by atoms with E-state index in [9.17, 15) is 8.42 Å². The van der Waals surface area contributed by atoms with Gasteiger partial charge in [0.1, 0.15) is 0 Å². The van der Waals surface area contributed by atoms with Crippen LogP contribution in [0.3, 0.4) is 0 Å². The molecule has 0 unspecified atom stereocenters. The molecule has 0 spiro atoms. The summed E-state index contributed by atoms with van der Waals surface area (Å²) < 4.78 is 24.3. The quantitative estimate of drug-likeness (QED) is 0.363. The molecule has 0 saturated carbocycles. The van der Waals surface area contributed by atoms with Crippen LogP contribution >= 0.6 is 46.9 Å². The topological polar surface area (TPSA) is 61.8 Å². The first-order valence-corrected chi connectivity index (χ1v) is 10.4. The van der Waals surface area contributed by atoms with Gasteiger partial charge < -0.3 is 10.2 Å².